The van der Waals surface area contributed by atoms with Gasteiger partial charge >= 0.3 is 0 Å². The number of aryl methyl sites for hydroxylation is 1. The van der Waals surface area contributed by atoms with E-state index in [1.54, 1.807) is 38.3 Å². The molecule has 0 saturated carbocycles. The summed E-state index contributed by atoms with van der Waals surface area (Å²) < 4.78 is 6.39. The lowest BCUT2D eigenvalue weighted by molar-refractivity contribution is 0.415. The lowest BCUT2D eigenvalue weighted by Gasteiger charge is -2.12. The molecule has 0 N–H and O–H groups in total. The van der Waals surface area contributed by atoms with Crippen molar-refractivity contribution in [3.05, 3.63) is 82.5 Å². The molecule has 2 heterocycles. The van der Waals surface area contributed by atoms with Crippen LogP contribution in [0.2, 0.25) is 0 Å². The van der Waals surface area contributed by atoms with Gasteiger partial charge in [0.1, 0.15) is 23.2 Å². The molecular weight excluding hydrogens is 380 g/mol. The van der Waals surface area contributed by atoms with E-state index >= 15 is 0 Å². The standard InChI is InChI=1S/C22H16N6O2/c1-14-25-20(15-8-10-17(30-2)11-9-15)18(12-23)22(29)28(14)19-13-24-21(27-26-19)16-6-4-3-5-7-16/h3-11,13H,1-2H3. The van der Waals surface area contributed by atoms with Gasteiger partial charge in [-0.05, 0) is 31.2 Å². The molecule has 0 amide bonds. The van der Waals surface area contributed by atoms with E-state index < -0.39 is 5.56 Å². The van der Waals surface area contributed by atoms with Crippen molar-refractivity contribution in [1.29, 1.82) is 5.26 Å². The summed E-state index contributed by atoms with van der Waals surface area (Å²) in [5.74, 6) is 1.67. The number of ether oxygens (including phenoxy) is 1. The molecule has 2 aromatic heterocycles. The van der Waals surface area contributed by atoms with Gasteiger partial charge in [0.25, 0.3) is 5.56 Å². The van der Waals surface area contributed by atoms with Crippen molar-refractivity contribution in [2.75, 3.05) is 7.11 Å². The van der Waals surface area contributed by atoms with E-state index in [0.717, 1.165) is 5.56 Å². The maximum Gasteiger partial charge on any atom is 0.277 e. The van der Waals surface area contributed by atoms with Gasteiger partial charge in [0.15, 0.2) is 11.6 Å². The minimum absolute atomic E-state index is 0.0836. The molecule has 146 valence electrons. The summed E-state index contributed by atoms with van der Waals surface area (Å²) in [6, 6.07) is 18.4. The molecule has 4 aromatic rings. The SMILES string of the molecule is COc1ccc(-c2nc(C)n(-c3cnc(-c4ccccc4)nn3)c(=O)c2C#N)cc1. The highest BCUT2D eigenvalue weighted by Gasteiger charge is 2.18. The molecule has 0 radical (unpaired) electrons. The molecule has 0 aliphatic heterocycles. The summed E-state index contributed by atoms with van der Waals surface area (Å²) in [5, 5.41) is 17.9. The van der Waals surface area contributed by atoms with Crippen LogP contribution in [-0.2, 0) is 0 Å². The predicted octanol–water partition coefficient (Wildman–Crippen LogP) is 2.94. The van der Waals surface area contributed by atoms with Gasteiger partial charge in [-0.25, -0.2) is 14.5 Å². The molecule has 0 unspecified atom stereocenters. The second-order valence-electron chi connectivity index (χ2n) is 6.37. The minimum atomic E-state index is -0.528. The number of nitrogens with zero attached hydrogens (tertiary/aromatic N) is 6. The van der Waals surface area contributed by atoms with E-state index in [2.05, 4.69) is 20.2 Å². The van der Waals surface area contributed by atoms with Crippen LogP contribution in [0.4, 0.5) is 0 Å². The van der Waals surface area contributed by atoms with Gasteiger partial charge in [-0.15, -0.1) is 10.2 Å². The summed E-state index contributed by atoms with van der Waals surface area (Å²) in [5.41, 5.74) is 1.15. The van der Waals surface area contributed by atoms with Crippen molar-refractivity contribution in [2.24, 2.45) is 0 Å². The monoisotopic (exact) mass is 396 g/mol. The highest BCUT2D eigenvalue weighted by Crippen LogP contribution is 2.23. The summed E-state index contributed by atoms with van der Waals surface area (Å²) in [6.45, 7) is 1.67. The highest BCUT2D eigenvalue weighted by molar-refractivity contribution is 5.67. The maximum absolute atomic E-state index is 13.1. The molecule has 30 heavy (non-hydrogen) atoms. The quantitative estimate of drug-likeness (QED) is 0.522. The number of aromatic nitrogens is 5. The van der Waals surface area contributed by atoms with Gasteiger partial charge in [0.2, 0.25) is 0 Å². The van der Waals surface area contributed by atoms with E-state index in [1.807, 2.05) is 36.4 Å². The number of benzene rings is 2. The third-order valence-corrected chi connectivity index (χ3v) is 4.54. The Bertz CT molecular complexity index is 1290. The van der Waals surface area contributed by atoms with Crippen molar-refractivity contribution in [2.45, 2.75) is 6.92 Å². The van der Waals surface area contributed by atoms with Gasteiger partial charge < -0.3 is 4.74 Å². The maximum atomic E-state index is 13.1. The molecule has 0 atom stereocenters. The van der Waals surface area contributed by atoms with Crippen LogP contribution in [0.15, 0.2) is 65.6 Å². The van der Waals surface area contributed by atoms with E-state index in [-0.39, 0.29) is 11.4 Å². The van der Waals surface area contributed by atoms with Crippen LogP contribution in [0.1, 0.15) is 11.4 Å². The fourth-order valence-electron chi connectivity index (χ4n) is 3.05. The lowest BCUT2D eigenvalue weighted by atomic mass is 10.1. The van der Waals surface area contributed by atoms with Gasteiger partial charge in [-0.1, -0.05) is 30.3 Å². The Morgan fingerprint density at radius 1 is 1.00 bits per heavy atom. The van der Waals surface area contributed by atoms with Crippen LogP contribution in [-0.4, -0.2) is 31.8 Å². The van der Waals surface area contributed by atoms with Gasteiger partial charge in [0.05, 0.1) is 19.0 Å². The van der Waals surface area contributed by atoms with Crippen molar-refractivity contribution >= 4 is 0 Å². The molecule has 0 aliphatic carbocycles. The molecule has 0 aliphatic rings. The summed E-state index contributed by atoms with van der Waals surface area (Å²) in [6.07, 6.45) is 1.44. The Morgan fingerprint density at radius 3 is 2.33 bits per heavy atom. The molecule has 2 aromatic carbocycles. The Hall–Kier alpha value is -4.38. The van der Waals surface area contributed by atoms with Crippen molar-refractivity contribution in [3.8, 4) is 40.3 Å². The van der Waals surface area contributed by atoms with Crippen molar-refractivity contribution < 1.29 is 4.74 Å². The van der Waals surface area contributed by atoms with E-state index in [1.165, 1.54) is 10.8 Å². The summed E-state index contributed by atoms with van der Waals surface area (Å²) >= 11 is 0. The fraction of sp³-hybridized carbons (Fsp3) is 0.0909. The first-order valence-electron chi connectivity index (χ1n) is 9.06. The first kappa shape index (κ1) is 19.0. The molecule has 0 bridgehead atoms. The number of methoxy groups -OCH3 is 1. The molecular formula is C22H16N6O2. The number of hydrogen-bond acceptors (Lipinski definition) is 7. The molecule has 0 spiro atoms. The molecule has 0 fully saturated rings. The van der Waals surface area contributed by atoms with Crippen molar-refractivity contribution in [1.82, 2.24) is 24.7 Å². The third-order valence-electron chi connectivity index (χ3n) is 4.54. The second-order valence-corrected chi connectivity index (χ2v) is 6.37. The van der Waals surface area contributed by atoms with E-state index in [4.69, 9.17) is 4.74 Å². The predicted molar refractivity (Wildman–Crippen MR) is 110 cm³/mol. The summed E-state index contributed by atoms with van der Waals surface area (Å²) in [4.78, 5) is 21.9. The van der Waals surface area contributed by atoms with Crippen LogP contribution >= 0.6 is 0 Å². The van der Waals surface area contributed by atoms with Crippen LogP contribution in [0, 0.1) is 18.3 Å². The first-order valence-corrected chi connectivity index (χ1v) is 9.06. The van der Waals surface area contributed by atoms with Crippen molar-refractivity contribution in [3.63, 3.8) is 0 Å². The molecule has 0 saturated heterocycles. The largest absolute Gasteiger partial charge is 0.497 e. The number of hydrogen-bond donors (Lipinski definition) is 0. The average Bonchev–Trinajstić information content (AvgIpc) is 2.80. The van der Waals surface area contributed by atoms with E-state index in [9.17, 15) is 10.1 Å². The van der Waals surface area contributed by atoms with Crippen LogP contribution in [0.5, 0.6) is 5.75 Å². The van der Waals surface area contributed by atoms with E-state index in [0.29, 0.717) is 28.7 Å². The zero-order chi connectivity index (χ0) is 21.1. The minimum Gasteiger partial charge on any atom is -0.497 e. The first-order chi connectivity index (χ1) is 14.6. The van der Waals surface area contributed by atoms with Gasteiger partial charge in [-0.3, -0.25) is 4.79 Å². The molecule has 8 heteroatoms. The lowest BCUT2D eigenvalue weighted by Crippen LogP contribution is -2.27. The highest BCUT2D eigenvalue weighted by atomic mass is 16.5. The zero-order valence-corrected chi connectivity index (χ0v) is 16.3. The fourth-order valence-corrected chi connectivity index (χ4v) is 3.05. The zero-order valence-electron chi connectivity index (χ0n) is 16.3. The van der Waals surface area contributed by atoms with Crippen LogP contribution in [0.3, 0.4) is 0 Å². The van der Waals surface area contributed by atoms with Gasteiger partial charge in [-0.2, -0.15) is 5.26 Å². The normalized spacial score (nSPS) is 10.4. The van der Waals surface area contributed by atoms with Crippen LogP contribution < -0.4 is 10.3 Å². The van der Waals surface area contributed by atoms with Gasteiger partial charge in [0, 0.05) is 11.1 Å². The average molecular weight is 396 g/mol. The third kappa shape index (κ3) is 3.40. The topological polar surface area (TPSA) is 107 Å². The second kappa shape index (κ2) is 7.93. The Balaban J connectivity index is 1.80. The number of rotatable bonds is 4. The molecule has 4 rings (SSSR count). The Kier molecular flexibility index (Phi) is 5.01. The Morgan fingerprint density at radius 2 is 1.73 bits per heavy atom. The summed E-state index contributed by atoms with van der Waals surface area (Å²) in [7, 11) is 1.57. The smallest absolute Gasteiger partial charge is 0.277 e. The van der Waals surface area contributed by atoms with Crippen LogP contribution in [0.25, 0.3) is 28.5 Å². The Labute approximate surface area is 172 Å². The number of nitriles is 1. The molecule has 8 nitrogen and oxygen atoms in total.